The van der Waals surface area contributed by atoms with E-state index < -0.39 is 0 Å². The summed E-state index contributed by atoms with van der Waals surface area (Å²) in [6, 6.07) is 27.8. The zero-order valence-corrected chi connectivity index (χ0v) is 25.1. The molecule has 0 bridgehead atoms. The number of halogens is 1. The molecule has 10 heteroatoms. The topological polar surface area (TPSA) is 95.8 Å². The van der Waals surface area contributed by atoms with Crippen molar-refractivity contribution in [3.63, 3.8) is 0 Å². The number of pyridine rings is 1. The highest BCUT2D eigenvalue weighted by molar-refractivity contribution is 6.30. The zero-order valence-electron chi connectivity index (χ0n) is 24.4. The molecule has 1 fully saturated rings. The monoisotopic (exact) mass is 597 g/mol. The van der Waals surface area contributed by atoms with Crippen molar-refractivity contribution in [3.05, 3.63) is 96.0 Å². The van der Waals surface area contributed by atoms with E-state index in [2.05, 4.69) is 25.8 Å². The fourth-order valence-corrected chi connectivity index (χ4v) is 5.05. The van der Waals surface area contributed by atoms with Crippen molar-refractivity contribution >= 4 is 46.3 Å². The number of hydrogen-bond acceptors (Lipinski definition) is 6. The van der Waals surface area contributed by atoms with Crippen LogP contribution in [-0.2, 0) is 0 Å². The summed E-state index contributed by atoms with van der Waals surface area (Å²) in [5, 5.41) is 14.2. The Morgan fingerprint density at radius 3 is 2.30 bits per heavy atom. The van der Waals surface area contributed by atoms with Crippen molar-refractivity contribution in [3.8, 4) is 17.0 Å². The van der Waals surface area contributed by atoms with Crippen LogP contribution in [0.2, 0.25) is 5.02 Å². The van der Waals surface area contributed by atoms with Gasteiger partial charge in [0.15, 0.2) is 5.65 Å². The molecule has 0 unspecified atom stereocenters. The number of likely N-dealkylation sites (tertiary alicyclic amines) is 1. The highest BCUT2D eigenvalue weighted by atomic mass is 35.5. The number of nitrogens with zero attached hydrogens (tertiary/aromatic N) is 4. The number of ether oxygens (including phenoxy) is 1. The van der Waals surface area contributed by atoms with E-state index in [1.54, 1.807) is 28.8 Å². The molecule has 1 aliphatic rings. The van der Waals surface area contributed by atoms with Crippen LogP contribution in [0.3, 0.4) is 0 Å². The Balaban J connectivity index is 0.00000180. The van der Waals surface area contributed by atoms with Gasteiger partial charge in [0.25, 0.3) is 0 Å². The van der Waals surface area contributed by atoms with E-state index in [1.165, 1.54) is 25.9 Å². The minimum atomic E-state index is -0.363. The SMILES string of the molecule is CC.O=C(Nc1cccc(Cl)c1)Nc1cccc(-c2cccc3nc(Nc4ccc(OCCN5CCCC5)cc4)nn23)c1. The first-order chi connectivity index (χ1) is 21.1. The van der Waals surface area contributed by atoms with Crippen molar-refractivity contribution in [2.45, 2.75) is 26.7 Å². The first kappa shape index (κ1) is 29.9. The lowest BCUT2D eigenvalue weighted by Gasteiger charge is -2.15. The second-order valence-corrected chi connectivity index (χ2v) is 10.3. The van der Waals surface area contributed by atoms with Crippen molar-refractivity contribution in [2.75, 3.05) is 42.2 Å². The van der Waals surface area contributed by atoms with Gasteiger partial charge in [-0.05, 0) is 92.7 Å². The largest absolute Gasteiger partial charge is 0.492 e. The normalized spacial score (nSPS) is 12.8. The molecule has 0 aliphatic carbocycles. The van der Waals surface area contributed by atoms with Gasteiger partial charge in [0.05, 0.1) is 5.69 Å². The minimum absolute atomic E-state index is 0.363. The molecule has 3 heterocycles. The number of hydrogen-bond donors (Lipinski definition) is 3. The van der Waals surface area contributed by atoms with Gasteiger partial charge in [-0.25, -0.2) is 9.31 Å². The Labute approximate surface area is 256 Å². The summed E-state index contributed by atoms with van der Waals surface area (Å²) in [7, 11) is 0. The fraction of sp³-hybridized carbons (Fsp3) is 0.242. The van der Waals surface area contributed by atoms with Crippen molar-refractivity contribution in [1.82, 2.24) is 19.5 Å². The maximum atomic E-state index is 12.5. The number of amides is 2. The summed E-state index contributed by atoms with van der Waals surface area (Å²) >= 11 is 6.02. The lowest BCUT2D eigenvalue weighted by Crippen LogP contribution is -2.25. The number of carbonyl (C=O) groups is 1. The fourth-order valence-electron chi connectivity index (χ4n) is 4.86. The quantitative estimate of drug-likeness (QED) is 0.160. The van der Waals surface area contributed by atoms with Gasteiger partial charge in [-0.1, -0.05) is 49.7 Å². The van der Waals surface area contributed by atoms with E-state index in [9.17, 15) is 4.79 Å². The third-order valence-electron chi connectivity index (χ3n) is 6.84. The number of aromatic nitrogens is 3. The number of carbonyl (C=O) groups excluding carboxylic acids is 1. The Bertz CT molecular complexity index is 1650. The molecule has 5 aromatic rings. The van der Waals surface area contributed by atoms with Gasteiger partial charge in [0, 0.05) is 34.2 Å². The zero-order chi connectivity index (χ0) is 30.0. The first-order valence-corrected chi connectivity index (χ1v) is 15.0. The molecule has 3 aromatic carbocycles. The van der Waals surface area contributed by atoms with Gasteiger partial charge < -0.3 is 20.7 Å². The third kappa shape index (κ3) is 8.03. The van der Waals surface area contributed by atoms with Gasteiger partial charge in [-0.3, -0.25) is 4.90 Å². The van der Waals surface area contributed by atoms with Crippen LogP contribution < -0.4 is 20.7 Å². The van der Waals surface area contributed by atoms with Crippen LogP contribution in [0.5, 0.6) is 5.75 Å². The first-order valence-electron chi connectivity index (χ1n) is 14.6. The summed E-state index contributed by atoms with van der Waals surface area (Å²) < 4.78 is 7.69. The Kier molecular flexibility index (Phi) is 10.1. The highest BCUT2D eigenvalue weighted by Crippen LogP contribution is 2.25. The maximum Gasteiger partial charge on any atom is 0.323 e. The van der Waals surface area contributed by atoms with Crippen LogP contribution in [0.15, 0.2) is 91.0 Å². The van der Waals surface area contributed by atoms with E-state index >= 15 is 0 Å². The molecule has 1 aliphatic heterocycles. The molecule has 0 radical (unpaired) electrons. The van der Waals surface area contributed by atoms with Gasteiger partial charge in [0.2, 0.25) is 5.95 Å². The molecule has 2 amide bonds. The highest BCUT2D eigenvalue weighted by Gasteiger charge is 2.12. The third-order valence-corrected chi connectivity index (χ3v) is 7.08. The molecule has 9 nitrogen and oxygen atoms in total. The van der Waals surface area contributed by atoms with Crippen molar-refractivity contribution in [1.29, 1.82) is 0 Å². The standard InChI is InChI=1S/C31H30ClN7O2.C2H6/c32-23-7-4-9-26(21-23)35-31(40)34-25-8-3-6-22(20-25)28-10-5-11-29-36-30(37-39(28)29)33-24-12-14-27(15-13-24)41-19-18-38-16-1-2-17-38;1-2/h3-15,20-21H,1-2,16-19H2,(H,33,37)(H2,34,35,40);1-2H3. The molecule has 0 saturated carbocycles. The van der Waals surface area contributed by atoms with Gasteiger partial charge >= 0.3 is 6.03 Å². The second kappa shape index (κ2) is 14.5. The molecule has 222 valence electrons. The number of fused-ring (bicyclic) bond motifs is 1. The Morgan fingerprint density at radius 1 is 0.860 bits per heavy atom. The molecule has 2 aromatic heterocycles. The number of urea groups is 1. The van der Waals surface area contributed by atoms with Crippen molar-refractivity contribution < 1.29 is 9.53 Å². The number of nitrogens with one attached hydrogen (secondary N) is 3. The summed E-state index contributed by atoms with van der Waals surface area (Å²) in [6.45, 7) is 7.99. The molecule has 0 spiro atoms. The van der Waals surface area contributed by atoms with Gasteiger partial charge in [0.1, 0.15) is 12.4 Å². The summed E-state index contributed by atoms with van der Waals surface area (Å²) in [5.74, 6) is 1.32. The Hall–Kier alpha value is -4.60. The summed E-state index contributed by atoms with van der Waals surface area (Å²) in [6.07, 6.45) is 2.57. The maximum absolute atomic E-state index is 12.5. The lowest BCUT2D eigenvalue weighted by molar-refractivity contribution is 0.238. The average molecular weight is 598 g/mol. The average Bonchev–Trinajstić information content (AvgIpc) is 3.69. The van der Waals surface area contributed by atoms with E-state index in [0.29, 0.717) is 34.6 Å². The Morgan fingerprint density at radius 2 is 1.56 bits per heavy atom. The van der Waals surface area contributed by atoms with E-state index in [1.807, 2.05) is 80.6 Å². The predicted molar refractivity (Wildman–Crippen MR) is 175 cm³/mol. The van der Waals surface area contributed by atoms with Gasteiger partial charge in [-0.15, -0.1) is 5.10 Å². The van der Waals surface area contributed by atoms with Gasteiger partial charge in [-0.2, -0.15) is 4.98 Å². The molecule has 43 heavy (non-hydrogen) atoms. The predicted octanol–water partition coefficient (Wildman–Crippen LogP) is 7.94. The number of rotatable bonds is 9. The molecular formula is C33H36ClN7O2. The smallest absolute Gasteiger partial charge is 0.323 e. The molecule has 0 atom stereocenters. The van der Waals surface area contributed by atoms with Crippen LogP contribution in [0.1, 0.15) is 26.7 Å². The van der Waals surface area contributed by atoms with Crippen LogP contribution >= 0.6 is 11.6 Å². The number of benzene rings is 3. The lowest BCUT2D eigenvalue weighted by atomic mass is 10.1. The number of anilines is 4. The van der Waals surface area contributed by atoms with E-state index in [-0.39, 0.29) is 6.03 Å². The minimum Gasteiger partial charge on any atom is -0.492 e. The van der Waals surface area contributed by atoms with Crippen LogP contribution in [0.25, 0.3) is 16.9 Å². The van der Waals surface area contributed by atoms with E-state index in [4.69, 9.17) is 21.4 Å². The van der Waals surface area contributed by atoms with Crippen LogP contribution in [0, 0.1) is 0 Å². The molecule has 3 N–H and O–H groups in total. The molecule has 6 rings (SSSR count). The van der Waals surface area contributed by atoms with E-state index in [0.717, 1.165) is 29.2 Å². The molecule has 1 saturated heterocycles. The van der Waals surface area contributed by atoms with Crippen LogP contribution in [0.4, 0.5) is 27.8 Å². The summed E-state index contributed by atoms with van der Waals surface area (Å²) in [4.78, 5) is 19.6. The van der Waals surface area contributed by atoms with Crippen LogP contribution in [-0.4, -0.2) is 51.8 Å². The summed E-state index contributed by atoms with van der Waals surface area (Å²) in [5.41, 5.74) is 4.53. The molecular weight excluding hydrogens is 562 g/mol. The van der Waals surface area contributed by atoms with Crippen molar-refractivity contribution in [2.24, 2.45) is 0 Å². The second-order valence-electron chi connectivity index (χ2n) is 9.83.